The van der Waals surface area contributed by atoms with E-state index in [1.807, 2.05) is 0 Å². The first-order valence-electron chi connectivity index (χ1n) is 8.08. The maximum Gasteiger partial charge on any atom is 0.325 e. The van der Waals surface area contributed by atoms with E-state index in [9.17, 15) is 14.4 Å². The van der Waals surface area contributed by atoms with E-state index in [2.05, 4.69) is 5.10 Å². The van der Waals surface area contributed by atoms with Crippen molar-refractivity contribution in [2.24, 2.45) is 0 Å². The monoisotopic (exact) mass is 345 g/mol. The molecule has 0 bridgehead atoms. The van der Waals surface area contributed by atoms with E-state index in [0.717, 1.165) is 18.5 Å². The molecule has 1 N–H and O–H groups in total. The van der Waals surface area contributed by atoms with Crippen LogP contribution in [0.25, 0.3) is 0 Å². The van der Waals surface area contributed by atoms with Gasteiger partial charge in [0.1, 0.15) is 12.3 Å². The molecule has 0 aromatic carbocycles. The van der Waals surface area contributed by atoms with Gasteiger partial charge in [-0.25, -0.2) is 0 Å². The van der Waals surface area contributed by atoms with Crippen LogP contribution in [0.1, 0.15) is 40.8 Å². The smallest absolute Gasteiger partial charge is 0.325 e. The fourth-order valence-corrected chi connectivity index (χ4v) is 3.22. The summed E-state index contributed by atoms with van der Waals surface area (Å²) in [6.07, 6.45) is 3.19. The molecule has 1 saturated heterocycles. The number of aliphatic carboxylic acids is 1. The van der Waals surface area contributed by atoms with E-state index in [1.165, 1.54) is 16.8 Å². The Morgan fingerprint density at radius 3 is 2.92 bits per heavy atom. The lowest BCUT2D eigenvalue weighted by Crippen LogP contribution is -2.40. The number of carboxylic acid groups (broad SMARTS) is 1. The number of nitrogens with zero attached hydrogens (tertiary/aromatic N) is 3. The van der Waals surface area contributed by atoms with Crippen LogP contribution in [0.15, 0.2) is 33.6 Å². The summed E-state index contributed by atoms with van der Waals surface area (Å²) in [5, 5.41) is 13.0. The Kier molecular flexibility index (Phi) is 4.69. The largest absolute Gasteiger partial charge is 0.480 e. The predicted molar refractivity (Wildman–Crippen MR) is 87.5 cm³/mol. The van der Waals surface area contributed by atoms with Crippen LogP contribution in [0.3, 0.4) is 0 Å². The van der Waals surface area contributed by atoms with Gasteiger partial charge in [-0.05, 0) is 25.8 Å². The van der Waals surface area contributed by atoms with E-state index in [0.29, 0.717) is 18.8 Å². The fraction of sp³-hybridized carbons (Fsp3) is 0.412. The van der Waals surface area contributed by atoms with Gasteiger partial charge in [0.15, 0.2) is 11.2 Å². The molecule has 25 heavy (non-hydrogen) atoms. The molecule has 1 amide bonds. The maximum absolute atomic E-state index is 12.7. The molecule has 1 unspecified atom stereocenters. The SMILES string of the molecule is Cc1cc(=O)cc(C(=O)N2CCCC(c3ccnn3CC(=O)O)C2)o1. The molecule has 1 aliphatic heterocycles. The quantitative estimate of drug-likeness (QED) is 0.894. The molecule has 3 rings (SSSR count). The number of amides is 1. The number of carboxylic acids is 1. The minimum atomic E-state index is -0.963. The normalized spacial score (nSPS) is 17.5. The number of carbonyl (C=O) groups excluding carboxylic acids is 1. The van der Waals surface area contributed by atoms with Crippen molar-refractivity contribution in [1.82, 2.24) is 14.7 Å². The van der Waals surface area contributed by atoms with E-state index in [4.69, 9.17) is 9.52 Å². The lowest BCUT2D eigenvalue weighted by molar-refractivity contribution is -0.137. The molecule has 1 fully saturated rings. The van der Waals surface area contributed by atoms with Crippen molar-refractivity contribution < 1.29 is 19.1 Å². The summed E-state index contributed by atoms with van der Waals surface area (Å²) in [4.78, 5) is 36.9. The second kappa shape index (κ2) is 6.92. The molecule has 0 radical (unpaired) electrons. The topological polar surface area (TPSA) is 106 Å². The van der Waals surface area contributed by atoms with E-state index < -0.39 is 5.97 Å². The number of aryl methyl sites for hydroxylation is 1. The van der Waals surface area contributed by atoms with Crippen LogP contribution in [0.2, 0.25) is 0 Å². The van der Waals surface area contributed by atoms with Crippen LogP contribution in [-0.4, -0.2) is 44.8 Å². The first-order valence-corrected chi connectivity index (χ1v) is 8.08. The van der Waals surface area contributed by atoms with Crippen molar-refractivity contribution in [1.29, 1.82) is 0 Å². The fourth-order valence-electron chi connectivity index (χ4n) is 3.22. The third-order valence-corrected chi connectivity index (χ3v) is 4.26. The number of likely N-dealkylation sites (tertiary alicyclic amines) is 1. The summed E-state index contributed by atoms with van der Waals surface area (Å²) in [5.74, 6) is -0.866. The lowest BCUT2D eigenvalue weighted by Gasteiger charge is -2.32. The highest BCUT2D eigenvalue weighted by Gasteiger charge is 2.29. The Bertz CT molecular complexity index is 854. The summed E-state index contributed by atoms with van der Waals surface area (Å²) >= 11 is 0. The molecule has 0 spiro atoms. The van der Waals surface area contributed by atoms with Crippen molar-refractivity contribution in [3.63, 3.8) is 0 Å². The molecule has 2 aromatic heterocycles. The molecule has 3 heterocycles. The van der Waals surface area contributed by atoms with Crippen molar-refractivity contribution in [3.8, 4) is 0 Å². The van der Waals surface area contributed by atoms with Gasteiger partial charge >= 0.3 is 5.97 Å². The van der Waals surface area contributed by atoms with Crippen molar-refractivity contribution in [2.75, 3.05) is 13.1 Å². The van der Waals surface area contributed by atoms with E-state index in [1.54, 1.807) is 24.1 Å². The second-order valence-electron chi connectivity index (χ2n) is 6.17. The molecule has 1 atom stereocenters. The molecule has 132 valence electrons. The van der Waals surface area contributed by atoms with Gasteiger partial charge < -0.3 is 14.4 Å². The highest BCUT2D eigenvalue weighted by Crippen LogP contribution is 2.27. The van der Waals surface area contributed by atoms with Crippen molar-refractivity contribution >= 4 is 11.9 Å². The van der Waals surface area contributed by atoms with Crippen LogP contribution in [0.5, 0.6) is 0 Å². The minimum Gasteiger partial charge on any atom is -0.480 e. The number of piperidine rings is 1. The first kappa shape index (κ1) is 16.9. The number of hydrogen-bond acceptors (Lipinski definition) is 5. The van der Waals surface area contributed by atoms with Gasteiger partial charge in [0.2, 0.25) is 0 Å². The number of carbonyl (C=O) groups is 2. The Hall–Kier alpha value is -2.90. The first-order chi connectivity index (χ1) is 11.9. The Labute approximate surface area is 143 Å². The average Bonchev–Trinajstić information content (AvgIpc) is 3.00. The zero-order chi connectivity index (χ0) is 18.0. The highest BCUT2D eigenvalue weighted by atomic mass is 16.4. The van der Waals surface area contributed by atoms with Gasteiger partial charge in [0.25, 0.3) is 5.91 Å². The van der Waals surface area contributed by atoms with Crippen LogP contribution in [-0.2, 0) is 11.3 Å². The molecule has 1 aliphatic rings. The molecule has 0 saturated carbocycles. The van der Waals surface area contributed by atoms with Crippen LogP contribution in [0, 0.1) is 6.92 Å². The van der Waals surface area contributed by atoms with Crippen molar-refractivity contribution in [2.45, 2.75) is 32.2 Å². The third-order valence-electron chi connectivity index (χ3n) is 4.26. The van der Waals surface area contributed by atoms with E-state index >= 15 is 0 Å². The van der Waals surface area contributed by atoms with E-state index in [-0.39, 0.29) is 29.6 Å². The van der Waals surface area contributed by atoms with Gasteiger partial charge in [-0.3, -0.25) is 19.1 Å². The lowest BCUT2D eigenvalue weighted by atomic mass is 9.94. The Morgan fingerprint density at radius 1 is 1.40 bits per heavy atom. The van der Waals surface area contributed by atoms with Gasteiger partial charge in [-0.2, -0.15) is 5.10 Å². The van der Waals surface area contributed by atoms with Crippen LogP contribution < -0.4 is 5.43 Å². The van der Waals surface area contributed by atoms with Gasteiger partial charge in [0.05, 0.1) is 0 Å². The average molecular weight is 345 g/mol. The summed E-state index contributed by atoms with van der Waals surface area (Å²) in [7, 11) is 0. The molecular weight excluding hydrogens is 326 g/mol. The zero-order valence-corrected chi connectivity index (χ0v) is 13.8. The van der Waals surface area contributed by atoms with Crippen LogP contribution >= 0.6 is 0 Å². The molecule has 0 aliphatic carbocycles. The predicted octanol–water partition coefficient (Wildman–Crippen LogP) is 1.25. The molecule has 8 heteroatoms. The number of rotatable bonds is 4. The van der Waals surface area contributed by atoms with Gasteiger partial charge in [0, 0.05) is 43.0 Å². The van der Waals surface area contributed by atoms with Crippen molar-refractivity contribution in [3.05, 3.63) is 51.8 Å². The number of aromatic nitrogens is 2. The summed E-state index contributed by atoms with van der Waals surface area (Å²) in [6.45, 7) is 2.42. The standard InChI is InChI=1S/C17H19N3O5/c1-11-7-13(21)8-15(25-11)17(24)19-6-2-3-12(9-19)14-4-5-18-20(14)10-16(22)23/h4-5,7-8,12H,2-3,6,9-10H2,1H3,(H,22,23). The number of hydrogen-bond donors (Lipinski definition) is 1. The molecular formula is C17H19N3O5. The Balaban J connectivity index is 1.79. The van der Waals surface area contributed by atoms with Crippen LogP contribution in [0.4, 0.5) is 0 Å². The minimum absolute atomic E-state index is 0.00363. The summed E-state index contributed by atoms with van der Waals surface area (Å²) in [5.41, 5.74) is 0.533. The zero-order valence-electron chi connectivity index (χ0n) is 13.8. The highest BCUT2D eigenvalue weighted by molar-refractivity contribution is 5.91. The molecule has 2 aromatic rings. The molecule has 8 nitrogen and oxygen atoms in total. The maximum atomic E-state index is 12.7. The van der Waals surface area contributed by atoms with Gasteiger partial charge in [-0.15, -0.1) is 0 Å². The second-order valence-corrected chi connectivity index (χ2v) is 6.17. The summed E-state index contributed by atoms with van der Waals surface area (Å²) in [6, 6.07) is 4.32. The summed E-state index contributed by atoms with van der Waals surface area (Å²) < 4.78 is 6.84. The van der Waals surface area contributed by atoms with Gasteiger partial charge in [-0.1, -0.05) is 0 Å². The Morgan fingerprint density at radius 2 is 2.20 bits per heavy atom. The third kappa shape index (κ3) is 3.78.